The lowest BCUT2D eigenvalue weighted by molar-refractivity contribution is -0.131. The maximum atomic E-state index is 12.4. The summed E-state index contributed by atoms with van der Waals surface area (Å²) in [4.78, 5) is 36.1. The van der Waals surface area contributed by atoms with E-state index in [9.17, 15) is 14.4 Å². The molecule has 1 aliphatic carbocycles. The third kappa shape index (κ3) is 6.54. The van der Waals surface area contributed by atoms with Gasteiger partial charge in [-0.15, -0.1) is 0 Å². The molecule has 0 unspecified atom stereocenters. The molecule has 3 amide bonds. The molecule has 0 aromatic heterocycles. The number of alkyl carbamates (subject to hydrolysis) is 1. The van der Waals surface area contributed by atoms with Crippen LogP contribution in [0.2, 0.25) is 0 Å². The van der Waals surface area contributed by atoms with Gasteiger partial charge in [0.15, 0.2) is 0 Å². The molecule has 1 atom stereocenters. The summed E-state index contributed by atoms with van der Waals surface area (Å²) in [6.07, 6.45) is -0.192. The van der Waals surface area contributed by atoms with Gasteiger partial charge < -0.3 is 26.8 Å². The standard InChI is InChI=1S/C29H32N4O4.H2S/c1-29(2,27(31)35)33-26(34)25(30)15-18-11-13-19(14-12-18)16-32-28(36)37-17-24-22-9-5-3-7-20(22)21-8-4-6-10-23(21)24;/h3-14,24-25H,15-17,30H2,1-2H3,(H2,31,35)(H,32,36)(H,33,34);1H2/t25-;/m0./s1. The van der Waals surface area contributed by atoms with Crippen LogP contribution >= 0.6 is 13.5 Å². The maximum Gasteiger partial charge on any atom is 0.407 e. The number of amides is 3. The molecule has 0 spiro atoms. The van der Waals surface area contributed by atoms with E-state index in [0.29, 0.717) is 13.0 Å². The van der Waals surface area contributed by atoms with Gasteiger partial charge in [0.25, 0.3) is 0 Å². The molecule has 0 heterocycles. The quantitative estimate of drug-likeness (QED) is 0.334. The first-order valence-electron chi connectivity index (χ1n) is 12.2. The fourth-order valence-electron chi connectivity index (χ4n) is 4.43. The Labute approximate surface area is 229 Å². The number of benzene rings is 3. The van der Waals surface area contributed by atoms with Crippen molar-refractivity contribution in [3.63, 3.8) is 0 Å². The number of nitrogens with one attached hydrogen (secondary N) is 2. The number of carbonyl (C=O) groups is 3. The van der Waals surface area contributed by atoms with Crippen LogP contribution in [0.1, 0.15) is 42.0 Å². The van der Waals surface area contributed by atoms with Crippen LogP contribution in [-0.2, 0) is 27.3 Å². The molecule has 0 radical (unpaired) electrons. The lowest BCUT2D eigenvalue weighted by Gasteiger charge is -2.24. The Kier molecular flexibility index (Phi) is 9.19. The largest absolute Gasteiger partial charge is 0.449 e. The summed E-state index contributed by atoms with van der Waals surface area (Å²) in [6, 6.07) is 23.0. The average Bonchev–Trinajstić information content (AvgIpc) is 3.20. The van der Waals surface area contributed by atoms with Crippen LogP contribution in [0.3, 0.4) is 0 Å². The normalized spacial score (nSPS) is 12.9. The Morgan fingerprint density at radius 3 is 1.97 bits per heavy atom. The van der Waals surface area contributed by atoms with Crippen LogP contribution in [0, 0.1) is 0 Å². The molecule has 3 aromatic rings. The Morgan fingerprint density at radius 1 is 0.895 bits per heavy atom. The molecule has 6 N–H and O–H groups in total. The summed E-state index contributed by atoms with van der Waals surface area (Å²) in [5.74, 6) is -1.08. The molecule has 0 saturated carbocycles. The number of nitrogens with two attached hydrogens (primary N) is 2. The number of carbonyl (C=O) groups excluding carboxylic acids is 3. The van der Waals surface area contributed by atoms with E-state index in [4.69, 9.17) is 16.2 Å². The fraction of sp³-hybridized carbons (Fsp3) is 0.276. The highest BCUT2D eigenvalue weighted by atomic mass is 32.1. The minimum absolute atomic E-state index is 0. The van der Waals surface area contributed by atoms with Gasteiger partial charge in [0.2, 0.25) is 11.8 Å². The van der Waals surface area contributed by atoms with Crippen molar-refractivity contribution in [1.82, 2.24) is 10.6 Å². The summed E-state index contributed by atoms with van der Waals surface area (Å²) >= 11 is 0. The van der Waals surface area contributed by atoms with Crippen molar-refractivity contribution in [2.45, 2.75) is 44.3 Å². The minimum atomic E-state index is -1.18. The van der Waals surface area contributed by atoms with Gasteiger partial charge >= 0.3 is 6.09 Å². The van der Waals surface area contributed by atoms with E-state index in [0.717, 1.165) is 22.3 Å². The lowest BCUT2D eigenvalue weighted by Crippen LogP contribution is -2.57. The summed E-state index contributed by atoms with van der Waals surface area (Å²) in [6.45, 7) is 3.61. The summed E-state index contributed by atoms with van der Waals surface area (Å²) in [5.41, 5.74) is 16.5. The van der Waals surface area contributed by atoms with E-state index >= 15 is 0 Å². The van der Waals surface area contributed by atoms with Crippen LogP contribution in [0.25, 0.3) is 11.1 Å². The van der Waals surface area contributed by atoms with Gasteiger partial charge in [-0.05, 0) is 53.6 Å². The van der Waals surface area contributed by atoms with Gasteiger partial charge in [0.1, 0.15) is 12.1 Å². The zero-order chi connectivity index (χ0) is 26.6. The minimum Gasteiger partial charge on any atom is -0.449 e. The Balaban J connectivity index is 0.00000400. The van der Waals surface area contributed by atoms with Crippen molar-refractivity contribution in [2.24, 2.45) is 11.5 Å². The van der Waals surface area contributed by atoms with Crippen LogP contribution in [-0.4, -0.2) is 36.1 Å². The second kappa shape index (κ2) is 12.1. The zero-order valence-corrected chi connectivity index (χ0v) is 22.5. The highest BCUT2D eigenvalue weighted by Gasteiger charge is 2.30. The van der Waals surface area contributed by atoms with E-state index < -0.39 is 29.5 Å². The first-order valence-corrected chi connectivity index (χ1v) is 12.2. The number of rotatable bonds is 9. The summed E-state index contributed by atoms with van der Waals surface area (Å²) < 4.78 is 5.58. The van der Waals surface area contributed by atoms with E-state index in [-0.39, 0.29) is 26.0 Å². The van der Waals surface area contributed by atoms with E-state index in [1.54, 1.807) is 0 Å². The highest BCUT2D eigenvalue weighted by molar-refractivity contribution is 7.59. The van der Waals surface area contributed by atoms with Crippen molar-refractivity contribution < 1.29 is 19.1 Å². The first-order chi connectivity index (χ1) is 17.7. The van der Waals surface area contributed by atoms with Gasteiger partial charge in [0, 0.05) is 12.5 Å². The lowest BCUT2D eigenvalue weighted by atomic mass is 9.98. The molecule has 3 aromatic carbocycles. The topological polar surface area (TPSA) is 137 Å². The predicted molar refractivity (Wildman–Crippen MR) is 152 cm³/mol. The summed E-state index contributed by atoms with van der Waals surface area (Å²) in [7, 11) is 0. The second-order valence-electron chi connectivity index (χ2n) is 9.78. The van der Waals surface area contributed by atoms with Gasteiger partial charge in [-0.2, -0.15) is 13.5 Å². The number of ether oxygens (including phenoxy) is 1. The van der Waals surface area contributed by atoms with Gasteiger partial charge in [-0.1, -0.05) is 72.8 Å². The van der Waals surface area contributed by atoms with E-state index in [2.05, 4.69) is 34.9 Å². The maximum absolute atomic E-state index is 12.4. The van der Waals surface area contributed by atoms with E-state index in [1.165, 1.54) is 25.0 Å². The number of hydrogen-bond donors (Lipinski definition) is 4. The molecule has 0 fully saturated rings. The first kappa shape index (κ1) is 28.7. The van der Waals surface area contributed by atoms with Gasteiger partial charge in [0.05, 0.1) is 6.04 Å². The van der Waals surface area contributed by atoms with Gasteiger partial charge in [-0.3, -0.25) is 9.59 Å². The molecular formula is C29H34N4O4S. The third-order valence-corrected chi connectivity index (χ3v) is 6.65. The number of fused-ring (bicyclic) bond motifs is 3. The molecule has 0 saturated heterocycles. The second-order valence-corrected chi connectivity index (χ2v) is 9.78. The number of primary amides is 1. The molecule has 8 nitrogen and oxygen atoms in total. The van der Waals surface area contributed by atoms with E-state index in [1.807, 2.05) is 48.5 Å². The molecule has 200 valence electrons. The smallest absolute Gasteiger partial charge is 0.407 e. The zero-order valence-electron chi connectivity index (χ0n) is 21.5. The van der Waals surface area contributed by atoms with Crippen LogP contribution in [0.15, 0.2) is 72.8 Å². The molecule has 38 heavy (non-hydrogen) atoms. The molecular weight excluding hydrogens is 500 g/mol. The van der Waals surface area contributed by atoms with Crippen molar-refractivity contribution in [2.75, 3.05) is 6.61 Å². The molecule has 0 bridgehead atoms. The monoisotopic (exact) mass is 534 g/mol. The van der Waals surface area contributed by atoms with Crippen LogP contribution in [0.4, 0.5) is 4.79 Å². The SMILES string of the molecule is CC(C)(NC(=O)[C@@H](N)Cc1ccc(CNC(=O)OCC2c3ccccc3-c3ccccc32)cc1)C(N)=O.S. The van der Waals surface area contributed by atoms with Crippen molar-refractivity contribution in [1.29, 1.82) is 0 Å². The van der Waals surface area contributed by atoms with Crippen molar-refractivity contribution in [3.8, 4) is 11.1 Å². The molecule has 9 heteroatoms. The molecule has 0 aliphatic heterocycles. The Hall–Kier alpha value is -3.82. The van der Waals surface area contributed by atoms with Crippen LogP contribution < -0.4 is 22.1 Å². The Morgan fingerprint density at radius 2 is 1.42 bits per heavy atom. The highest BCUT2D eigenvalue weighted by Crippen LogP contribution is 2.44. The average molecular weight is 535 g/mol. The van der Waals surface area contributed by atoms with Gasteiger partial charge in [-0.25, -0.2) is 4.79 Å². The fourth-order valence-corrected chi connectivity index (χ4v) is 4.43. The number of hydrogen-bond acceptors (Lipinski definition) is 5. The Bertz CT molecular complexity index is 1260. The predicted octanol–water partition coefficient (Wildman–Crippen LogP) is 3.09. The molecule has 1 aliphatic rings. The molecule has 4 rings (SSSR count). The van der Waals surface area contributed by atoms with Crippen LogP contribution in [0.5, 0.6) is 0 Å². The van der Waals surface area contributed by atoms with Crippen molar-refractivity contribution >= 4 is 31.4 Å². The third-order valence-electron chi connectivity index (χ3n) is 6.65. The summed E-state index contributed by atoms with van der Waals surface area (Å²) in [5, 5.41) is 5.36. The van der Waals surface area contributed by atoms with Crippen molar-refractivity contribution in [3.05, 3.63) is 95.1 Å².